The molecule has 1 amide bonds. The van der Waals surface area contributed by atoms with Gasteiger partial charge < -0.3 is 20.9 Å². The van der Waals surface area contributed by atoms with Crippen LogP contribution in [0.2, 0.25) is 0 Å². The quantitative estimate of drug-likeness (QED) is 0.764. The number of hydrogen-bond acceptors (Lipinski definition) is 5. The highest BCUT2D eigenvalue weighted by Crippen LogP contribution is 2.30. The van der Waals surface area contributed by atoms with E-state index in [4.69, 9.17) is 10.5 Å². The first-order valence-corrected chi connectivity index (χ1v) is 5.49. The second-order valence-electron chi connectivity index (χ2n) is 3.88. The lowest BCUT2D eigenvalue weighted by Crippen LogP contribution is -2.16. The van der Waals surface area contributed by atoms with Crippen molar-refractivity contribution in [2.45, 2.75) is 0 Å². The molecule has 7 nitrogen and oxygen atoms in total. The standard InChI is InChI=1S/C12H14N4O3/c1-16-11(8(13)6-14-16)15-12(18)7-4-3-5-9(19-2)10(7)17/h3-6,17H,13H2,1-2H3,(H,15,18). The van der Waals surface area contributed by atoms with Gasteiger partial charge in [0.05, 0.1) is 24.6 Å². The zero-order chi connectivity index (χ0) is 14.0. The summed E-state index contributed by atoms with van der Waals surface area (Å²) in [5.41, 5.74) is 6.12. The molecule has 0 aliphatic rings. The number of rotatable bonds is 3. The number of benzene rings is 1. The number of aromatic nitrogens is 2. The minimum Gasteiger partial charge on any atom is -0.504 e. The first-order chi connectivity index (χ1) is 9.04. The predicted octanol–water partition coefficient (Wildman–Crippen LogP) is 0.969. The van der Waals surface area contributed by atoms with E-state index >= 15 is 0 Å². The number of hydrogen-bond donors (Lipinski definition) is 3. The zero-order valence-corrected chi connectivity index (χ0v) is 10.5. The van der Waals surface area contributed by atoms with E-state index in [2.05, 4.69) is 10.4 Å². The fourth-order valence-electron chi connectivity index (χ4n) is 1.65. The maximum absolute atomic E-state index is 12.1. The smallest absolute Gasteiger partial charge is 0.260 e. The Morgan fingerprint density at radius 2 is 2.26 bits per heavy atom. The molecule has 0 spiro atoms. The zero-order valence-electron chi connectivity index (χ0n) is 10.5. The van der Waals surface area contributed by atoms with Gasteiger partial charge in [-0.25, -0.2) is 0 Å². The summed E-state index contributed by atoms with van der Waals surface area (Å²) in [5, 5.41) is 16.4. The van der Waals surface area contributed by atoms with E-state index < -0.39 is 5.91 Å². The molecule has 2 rings (SSSR count). The number of nitrogens with two attached hydrogens (primary N) is 1. The summed E-state index contributed by atoms with van der Waals surface area (Å²) in [6, 6.07) is 4.66. The van der Waals surface area contributed by atoms with Gasteiger partial charge in [0.2, 0.25) is 0 Å². The molecule has 100 valence electrons. The summed E-state index contributed by atoms with van der Waals surface area (Å²) in [7, 11) is 3.06. The van der Waals surface area contributed by atoms with E-state index in [-0.39, 0.29) is 17.1 Å². The van der Waals surface area contributed by atoms with Gasteiger partial charge in [0.25, 0.3) is 5.91 Å². The molecule has 2 aromatic rings. The Balaban J connectivity index is 2.31. The largest absolute Gasteiger partial charge is 0.504 e. The molecule has 7 heteroatoms. The third kappa shape index (κ3) is 2.30. The van der Waals surface area contributed by atoms with Crippen molar-refractivity contribution >= 4 is 17.4 Å². The number of phenolic OH excluding ortho intramolecular Hbond substituents is 1. The molecule has 0 aliphatic carbocycles. The average molecular weight is 262 g/mol. The van der Waals surface area contributed by atoms with Crippen molar-refractivity contribution in [1.29, 1.82) is 0 Å². The van der Waals surface area contributed by atoms with E-state index in [0.29, 0.717) is 11.5 Å². The molecule has 1 heterocycles. The average Bonchev–Trinajstić information content (AvgIpc) is 2.70. The molecule has 0 fully saturated rings. The molecular weight excluding hydrogens is 248 g/mol. The van der Waals surface area contributed by atoms with E-state index in [0.717, 1.165) is 0 Å². The fraction of sp³-hybridized carbons (Fsp3) is 0.167. The Morgan fingerprint density at radius 1 is 1.53 bits per heavy atom. The lowest BCUT2D eigenvalue weighted by molar-refractivity contribution is 0.102. The number of anilines is 2. The summed E-state index contributed by atoms with van der Waals surface area (Å²) >= 11 is 0. The molecule has 19 heavy (non-hydrogen) atoms. The number of ether oxygens (including phenoxy) is 1. The molecule has 0 bridgehead atoms. The normalized spacial score (nSPS) is 10.2. The monoisotopic (exact) mass is 262 g/mol. The number of nitrogen functional groups attached to an aromatic ring is 1. The van der Waals surface area contributed by atoms with Crippen molar-refractivity contribution < 1.29 is 14.6 Å². The maximum atomic E-state index is 12.1. The highest BCUT2D eigenvalue weighted by Gasteiger charge is 2.17. The van der Waals surface area contributed by atoms with Crippen LogP contribution >= 0.6 is 0 Å². The van der Waals surface area contributed by atoms with Crippen LogP contribution in [0.1, 0.15) is 10.4 Å². The van der Waals surface area contributed by atoms with Gasteiger partial charge in [-0.1, -0.05) is 6.07 Å². The number of phenols is 1. The lowest BCUT2D eigenvalue weighted by Gasteiger charge is -2.10. The van der Waals surface area contributed by atoms with Gasteiger partial charge in [-0.05, 0) is 12.1 Å². The van der Waals surface area contributed by atoms with Gasteiger partial charge in [-0.15, -0.1) is 0 Å². The van der Waals surface area contributed by atoms with Crippen LogP contribution in [0.25, 0.3) is 0 Å². The van der Waals surface area contributed by atoms with Gasteiger partial charge in [0, 0.05) is 7.05 Å². The number of aryl methyl sites for hydroxylation is 1. The van der Waals surface area contributed by atoms with Crippen molar-refractivity contribution in [2.75, 3.05) is 18.2 Å². The van der Waals surface area contributed by atoms with Crippen LogP contribution in [-0.2, 0) is 7.05 Å². The minimum atomic E-state index is -0.494. The molecule has 0 aliphatic heterocycles. The van der Waals surface area contributed by atoms with Crippen LogP contribution in [0.3, 0.4) is 0 Å². The van der Waals surface area contributed by atoms with E-state index in [9.17, 15) is 9.90 Å². The number of aromatic hydroxyl groups is 1. The second kappa shape index (κ2) is 4.89. The van der Waals surface area contributed by atoms with Crippen LogP contribution in [0.15, 0.2) is 24.4 Å². The Hall–Kier alpha value is -2.70. The second-order valence-corrected chi connectivity index (χ2v) is 3.88. The predicted molar refractivity (Wildman–Crippen MR) is 70.2 cm³/mol. The molecule has 1 aromatic heterocycles. The van der Waals surface area contributed by atoms with Gasteiger partial charge in [0.1, 0.15) is 0 Å². The van der Waals surface area contributed by atoms with Crippen molar-refractivity contribution in [2.24, 2.45) is 7.05 Å². The summed E-state index contributed by atoms with van der Waals surface area (Å²) in [4.78, 5) is 12.1. The number of nitrogens with zero attached hydrogens (tertiary/aromatic N) is 2. The summed E-state index contributed by atoms with van der Waals surface area (Å²) in [5.74, 6) is -0.118. The number of carbonyl (C=O) groups excluding carboxylic acids is 1. The first kappa shape index (κ1) is 12.7. The number of carbonyl (C=O) groups is 1. The highest BCUT2D eigenvalue weighted by atomic mass is 16.5. The Labute approximate surface area is 109 Å². The maximum Gasteiger partial charge on any atom is 0.260 e. The topological polar surface area (TPSA) is 102 Å². The summed E-state index contributed by atoms with van der Waals surface area (Å²) in [6.07, 6.45) is 1.43. The summed E-state index contributed by atoms with van der Waals surface area (Å²) < 4.78 is 6.38. The van der Waals surface area contributed by atoms with Crippen LogP contribution in [-0.4, -0.2) is 27.9 Å². The number of nitrogens with one attached hydrogen (secondary N) is 1. The molecular formula is C12H14N4O3. The molecule has 0 unspecified atom stereocenters. The van der Waals surface area contributed by atoms with Crippen molar-refractivity contribution in [3.8, 4) is 11.5 Å². The van der Waals surface area contributed by atoms with Crippen LogP contribution in [0, 0.1) is 0 Å². The number of para-hydroxylation sites is 1. The Kier molecular flexibility index (Phi) is 3.28. The van der Waals surface area contributed by atoms with Crippen molar-refractivity contribution in [3.05, 3.63) is 30.0 Å². The van der Waals surface area contributed by atoms with Gasteiger partial charge in [0.15, 0.2) is 17.3 Å². The minimum absolute atomic E-state index is 0.0972. The molecule has 0 atom stereocenters. The van der Waals surface area contributed by atoms with Crippen molar-refractivity contribution in [1.82, 2.24) is 9.78 Å². The summed E-state index contributed by atoms with van der Waals surface area (Å²) in [6.45, 7) is 0. The fourth-order valence-corrected chi connectivity index (χ4v) is 1.65. The van der Waals surface area contributed by atoms with E-state index in [1.165, 1.54) is 24.1 Å². The number of amides is 1. The first-order valence-electron chi connectivity index (χ1n) is 5.49. The number of methoxy groups -OCH3 is 1. The highest BCUT2D eigenvalue weighted by molar-refractivity contribution is 6.07. The molecule has 0 saturated carbocycles. The third-order valence-corrected chi connectivity index (χ3v) is 2.66. The molecule has 1 aromatic carbocycles. The lowest BCUT2D eigenvalue weighted by atomic mass is 10.1. The van der Waals surface area contributed by atoms with Gasteiger partial charge in [-0.2, -0.15) is 5.10 Å². The van der Waals surface area contributed by atoms with E-state index in [1.807, 2.05) is 0 Å². The Bertz CT molecular complexity index is 602. The van der Waals surface area contributed by atoms with Crippen LogP contribution in [0.4, 0.5) is 11.5 Å². The molecule has 4 N–H and O–H groups in total. The van der Waals surface area contributed by atoms with Gasteiger partial charge in [-0.3, -0.25) is 9.48 Å². The molecule has 0 radical (unpaired) electrons. The Morgan fingerprint density at radius 3 is 2.84 bits per heavy atom. The SMILES string of the molecule is COc1cccc(C(=O)Nc2c(N)cnn2C)c1O. The molecule has 0 saturated heterocycles. The van der Waals surface area contributed by atoms with Crippen LogP contribution in [0.5, 0.6) is 11.5 Å². The third-order valence-electron chi connectivity index (χ3n) is 2.66. The van der Waals surface area contributed by atoms with E-state index in [1.54, 1.807) is 19.2 Å². The van der Waals surface area contributed by atoms with Gasteiger partial charge >= 0.3 is 0 Å². The van der Waals surface area contributed by atoms with Crippen LogP contribution < -0.4 is 15.8 Å². The van der Waals surface area contributed by atoms with Crippen molar-refractivity contribution in [3.63, 3.8) is 0 Å².